The second kappa shape index (κ2) is 7.44. The first-order chi connectivity index (χ1) is 10.9. The van der Waals surface area contributed by atoms with Crippen molar-refractivity contribution in [3.63, 3.8) is 0 Å². The number of nitrogens with two attached hydrogens (primary N) is 1. The normalized spacial score (nSPS) is 21.4. The molecule has 0 aliphatic carbocycles. The number of hydrogen-bond donors (Lipinski definition) is 2. The predicted octanol–water partition coefficient (Wildman–Crippen LogP) is 1.74. The molecule has 0 unspecified atom stereocenters. The summed E-state index contributed by atoms with van der Waals surface area (Å²) in [5, 5.41) is 11.9. The molecule has 23 heavy (non-hydrogen) atoms. The summed E-state index contributed by atoms with van der Waals surface area (Å²) in [7, 11) is 0. The number of halogens is 1. The summed E-state index contributed by atoms with van der Waals surface area (Å²) in [6.45, 7) is 2.71. The van der Waals surface area contributed by atoms with Gasteiger partial charge in [-0.15, -0.1) is 0 Å². The number of likely N-dealkylation sites (tertiary alicyclic amines) is 1. The number of hydrogen-bond acceptors (Lipinski definition) is 4. The van der Waals surface area contributed by atoms with Gasteiger partial charge in [-0.05, 0) is 38.0 Å². The molecule has 0 saturated carbocycles. The Kier molecular flexibility index (Phi) is 5.59. The van der Waals surface area contributed by atoms with Crippen LogP contribution in [0.5, 0.6) is 0 Å². The van der Waals surface area contributed by atoms with Crippen LogP contribution in [0.15, 0.2) is 18.2 Å². The number of piperidine rings is 1. The van der Waals surface area contributed by atoms with Gasteiger partial charge in [0.05, 0.1) is 23.0 Å². The first-order valence-electron chi connectivity index (χ1n) is 7.43. The molecule has 1 aromatic carbocycles. The maximum Gasteiger partial charge on any atom is 0.238 e. The summed E-state index contributed by atoms with van der Waals surface area (Å²) in [5.41, 5.74) is 6.26. The lowest BCUT2D eigenvalue weighted by Crippen LogP contribution is -2.48. The SMILES string of the molecule is C[C@H]1CC[C@@H](C(N)=O)CN1CC(=O)Nc1ccc(C#N)c(Cl)c1. The van der Waals surface area contributed by atoms with E-state index in [2.05, 4.69) is 5.32 Å². The van der Waals surface area contributed by atoms with Gasteiger partial charge in [-0.25, -0.2) is 0 Å². The Morgan fingerprint density at radius 1 is 1.48 bits per heavy atom. The predicted molar refractivity (Wildman–Crippen MR) is 87.8 cm³/mol. The van der Waals surface area contributed by atoms with Crippen LogP contribution >= 0.6 is 11.6 Å². The summed E-state index contributed by atoms with van der Waals surface area (Å²) in [4.78, 5) is 25.5. The minimum atomic E-state index is -0.318. The Bertz CT molecular complexity index is 656. The highest BCUT2D eigenvalue weighted by molar-refractivity contribution is 6.32. The van der Waals surface area contributed by atoms with E-state index in [1.165, 1.54) is 0 Å². The van der Waals surface area contributed by atoms with Gasteiger partial charge in [0, 0.05) is 18.3 Å². The summed E-state index contributed by atoms with van der Waals surface area (Å²) in [6, 6.07) is 6.93. The molecular weight excluding hydrogens is 316 g/mol. The van der Waals surface area contributed by atoms with E-state index < -0.39 is 0 Å². The molecule has 122 valence electrons. The van der Waals surface area contributed by atoms with Gasteiger partial charge in [-0.2, -0.15) is 5.26 Å². The van der Waals surface area contributed by atoms with Crippen molar-refractivity contribution in [1.82, 2.24) is 4.90 Å². The van der Waals surface area contributed by atoms with Crippen molar-refractivity contribution >= 4 is 29.1 Å². The van der Waals surface area contributed by atoms with E-state index in [0.717, 1.165) is 12.8 Å². The maximum atomic E-state index is 12.2. The van der Waals surface area contributed by atoms with Crippen LogP contribution in [0.2, 0.25) is 5.02 Å². The Labute approximate surface area is 140 Å². The highest BCUT2D eigenvalue weighted by Crippen LogP contribution is 2.22. The summed E-state index contributed by atoms with van der Waals surface area (Å²) in [5.74, 6) is -0.715. The molecular formula is C16H19ClN4O2. The quantitative estimate of drug-likeness (QED) is 0.875. The molecule has 3 N–H and O–H groups in total. The van der Waals surface area contributed by atoms with Crippen LogP contribution in [0, 0.1) is 17.2 Å². The van der Waals surface area contributed by atoms with Crippen molar-refractivity contribution in [1.29, 1.82) is 5.26 Å². The third kappa shape index (κ3) is 4.44. The van der Waals surface area contributed by atoms with Gasteiger partial charge in [-0.1, -0.05) is 11.6 Å². The molecule has 6 nitrogen and oxygen atoms in total. The van der Waals surface area contributed by atoms with Crippen molar-refractivity contribution in [3.05, 3.63) is 28.8 Å². The smallest absolute Gasteiger partial charge is 0.238 e. The second-order valence-electron chi connectivity index (χ2n) is 5.81. The van der Waals surface area contributed by atoms with Crippen molar-refractivity contribution < 1.29 is 9.59 Å². The number of primary amides is 1. The fourth-order valence-electron chi connectivity index (χ4n) is 2.70. The van der Waals surface area contributed by atoms with Gasteiger partial charge in [0.25, 0.3) is 0 Å². The van der Waals surface area contributed by atoms with E-state index in [1.54, 1.807) is 18.2 Å². The van der Waals surface area contributed by atoms with E-state index in [9.17, 15) is 9.59 Å². The van der Waals surface area contributed by atoms with Gasteiger partial charge in [0.1, 0.15) is 6.07 Å². The first-order valence-corrected chi connectivity index (χ1v) is 7.81. The highest BCUT2D eigenvalue weighted by atomic mass is 35.5. The van der Waals surface area contributed by atoms with Crippen molar-refractivity contribution in [2.45, 2.75) is 25.8 Å². The highest BCUT2D eigenvalue weighted by Gasteiger charge is 2.29. The Hall–Kier alpha value is -2.10. The monoisotopic (exact) mass is 334 g/mol. The summed E-state index contributed by atoms with van der Waals surface area (Å²) >= 11 is 5.95. The molecule has 1 aliphatic rings. The summed E-state index contributed by atoms with van der Waals surface area (Å²) < 4.78 is 0. The van der Waals surface area contributed by atoms with E-state index in [-0.39, 0.29) is 30.3 Å². The van der Waals surface area contributed by atoms with Gasteiger partial charge in [0.15, 0.2) is 0 Å². The lowest BCUT2D eigenvalue weighted by atomic mass is 9.93. The van der Waals surface area contributed by atoms with Crippen molar-refractivity contribution in [2.75, 3.05) is 18.4 Å². The van der Waals surface area contributed by atoms with Gasteiger partial charge < -0.3 is 11.1 Å². The van der Waals surface area contributed by atoms with E-state index >= 15 is 0 Å². The first kappa shape index (κ1) is 17.3. The van der Waals surface area contributed by atoms with Crippen LogP contribution in [0.1, 0.15) is 25.3 Å². The maximum absolute atomic E-state index is 12.2. The summed E-state index contributed by atoms with van der Waals surface area (Å²) in [6.07, 6.45) is 1.60. The Balaban J connectivity index is 1.97. The van der Waals surface area contributed by atoms with Crippen LogP contribution in [0.3, 0.4) is 0 Å². The van der Waals surface area contributed by atoms with Gasteiger partial charge in [0.2, 0.25) is 11.8 Å². The molecule has 0 spiro atoms. The van der Waals surface area contributed by atoms with Crippen LogP contribution < -0.4 is 11.1 Å². The standard InChI is InChI=1S/C16H19ClN4O2/c1-10-2-3-12(16(19)23)8-21(10)9-15(22)20-13-5-4-11(7-18)14(17)6-13/h4-6,10,12H,2-3,8-9H2,1H3,(H2,19,23)(H,20,22)/t10-,12+/m0/s1. The lowest BCUT2D eigenvalue weighted by molar-refractivity contribution is -0.126. The zero-order valence-electron chi connectivity index (χ0n) is 12.9. The largest absolute Gasteiger partial charge is 0.369 e. The molecule has 0 bridgehead atoms. The Morgan fingerprint density at radius 2 is 2.22 bits per heavy atom. The number of amides is 2. The van der Waals surface area contributed by atoms with Crippen molar-refractivity contribution in [2.24, 2.45) is 11.7 Å². The number of benzene rings is 1. The number of rotatable bonds is 4. The van der Waals surface area contributed by atoms with Crippen LogP contribution in [-0.2, 0) is 9.59 Å². The molecule has 7 heteroatoms. The van der Waals surface area contributed by atoms with E-state index in [1.807, 2.05) is 17.9 Å². The number of carbonyl (C=O) groups is 2. The van der Waals surface area contributed by atoms with Gasteiger partial charge >= 0.3 is 0 Å². The van der Waals surface area contributed by atoms with Crippen LogP contribution in [0.4, 0.5) is 5.69 Å². The molecule has 0 radical (unpaired) electrons. The van der Waals surface area contributed by atoms with Crippen LogP contribution in [0.25, 0.3) is 0 Å². The fourth-order valence-corrected chi connectivity index (χ4v) is 2.92. The average Bonchev–Trinajstić information content (AvgIpc) is 2.49. The molecule has 1 saturated heterocycles. The zero-order chi connectivity index (χ0) is 17.0. The molecule has 1 heterocycles. The van der Waals surface area contributed by atoms with Crippen molar-refractivity contribution in [3.8, 4) is 6.07 Å². The molecule has 2 rings (SSSR count). The number of nitrogens with zero attached hydrogens (tertiary/aromatic N) is 2. The van der Waals surface area contributed by atoms with E-state index in [0.29, 0.717) is 22.8 Å². The Morgan fingerprint density at radius 3 is 2.83 bits per heavy atom. The average molecular weight is 335 g/mol. The number of nitrogens with one attached hydrogen (secondary N) is 1. The minimum absolute atomic E-state index is 0.183. The minimum Gasteiger partial charge on any atom is -0.369 e. The molecule has 1 aromatic rings. The number of carbonyl (C=O) groups excluding carboxylic acids is 2. The second-order valence-corrected chi connectivity index (χ2v) is 6.22. The lowest BCUT2D eigenvalue weighted by Gasteiger charge is -2.36. The topological polar surface area (TPSA) is 99.2 Å². The third-order valence-electron chi connectivity index (χ3n) is 4.13. The molecule has 2 atom stereocenters. The zero-order valence-corrected chi connectivity index (χ0v) is 13.6. The molecule has 0 aromatic heterocycles. The van der Waals surface area contributed by atoms with Gasteiger partial charge in [-0.3, -0.25) is 14.5 Å². The third-order valence-corrected chi connectivity index (χ3v) is 4.45. The number of anilines is 1. The van der Waals surface area contributed by atoms with E-state index in [4.69, 9.17) is 22.6 Å². The molecule has 2 amide bonds. The fraction of sp³-hybridized carbons (Fsp3) is 0.438. The van der Waals surface area contributed by atoms with Crippen LogP contribution in [-0.4, -0.2) is 35.8 Å². The molecule has 1 fully saturated rings. The molecule has 1 aliphatic heterocycles. The number of nitriles is 1.